The average Bonchev–Trinajstić information content (AvgIpc) is 2.80. The Bertz CT molecular complexity index is 460. The van der Waals surface area contributed by atoms with Crippen LogP contribution in [0.1, 0.15) is 58.3 Å². The van der Waals surface area contributed by atoms with Crippen LogP contribution in [0.3, 0.4) is 0 Å². The van der Waals surface area contributed by atoms with Gasteiger partial charge >= 0.3 is 0 Å². The van der Waals surface area contributed by atoms with E-state index in [4.69, 9.17) is 0 Å². The average molecular weight is 240 g/mol. The lowest BCUT2D eigenvalue weighted by molar-refractivity contribution is 0.0452. The zero-order valence-corrected chi connectivity index (χ0v) is 11.5. The maximum atomic E-state index is 3.38. The number of rotatable bonds is 0. The molecule has 0 aromatic carbocycles. The minimum absolute atomic E-state index is 0.702. The van der Waals surface area contributed by atoms with Crippen molar-refractivity contribution in [3.63, 3.8) is 0 Å². The zero-order valence-electron chi connectivity index (χ0n) is 11.5. The fourth-order valence-corrected chi connectivity index (χ4v) is 5.58. The first-order valence-electron chi connectivity index (χ1n) is 7.91. The minimum atomic E-state index is 0.702. The first-order valence-corrected chi connectivity index (χ1v) is 7.91. The molecule has 0 bridgehead atoms. The van der Waals surface area contributed by atoms with E-state index in [2.05, 4.69) is 24.8 Å². The molecule has 4 aliphatic rings. The molecule has 0 N–H and O–H groups in total. The summed E-state index contributed by atoms with van der Waals surface area (Å²) in [6, 6.07) is 0. The van der Waals surface area contributed by atoms with Crippen molar-refractivity contribution in [1.82, 2.24) is 0 Å². The third-order valence-corrected chi connectivity index (χ3v) is 6.51. The fraction of sp³-hybridized carbons (Fsp3) is 0.722. The molecule has 4 aliphatic carbocycles. The van der Waals surface area contributed by atoms with Crippen LogP contribution in [0.2, 0.25) is 0 Å². The van der Waals surface area contributed by atoms with Gasteiger partial charge in [-0.25, -0.2) is 0 Å². The second-order valence-electron chi connectivity index (χ2n) is 7.28. The van der Waals surface area contributed by atoms with Crippen LogP contribution in [-0.2, 0) is 0 Å². The molecule has 0 nitrogen and oxygen atoms in total. The molecule has 0 aliphatic heterocycles. The van der Waals surface area contributed by atoms with Gasteiger partial charge < -0.3 is 0 Å². The van der Waals surface area contributed by atoms with Gasteiger partial charge in [0.15, 0.2) is 0 Å². The molecule has 18 heavy (non-hydrogen) atoms. The quantitative estimate of drug-likeness (QED) is 0.521. The normalized spacial score (nSPS) is 45.7. The van der Waals surface area contributed by atoms with Crippen molar-refractivity contribution in [2.24, 2.45) is 23.2 Å². The van der Waals surface area contributed by atoms with Crippen LogP contribution < -0.4 is 0 Å². The largest absolute Gasteiger partial charge is 0.125 e. The van der Waals surface area contributed by atoms with E-state index in [1.165, 1.54) is 51.4 Å². The zero-order chi connectivity index (χ0) is 12.2. The molecule has 0 aromatic rings. The Morgan fingerprint density at radius 1 is 1.22 bits per heavy atom. The van der Waals surface area contributed by atoms with Gasteiger partial charge in [-0.2, -0.15) is 0 Å². The predicted octanol–water partition coefficient (Wildman–Crippen LogP) is 5.02. The highest BCUT2D eigenvalue weighted by Gasteiger charge is 2.50. The summed E-state index contributed by atoms with van der Waals surface area (Å²) in [6.45, 7) is 2.58. The number of hydrogen-bond donors (Lipinski definition) is 0. The van der Waals surface area contributed by atoms with Crippen molar-refractivity contribution < 1.29 is 0 Å². The van der Waals surface area contributed by atoms with Crippen molar-refractivity contribution in [2.45, 2.75) is 58.3 Å². The van der Waals surface area contributed by atoms with Gasteiger partial charge in [-0.3, -0.25) is 0 Å². The van der Waals surface area contributed by atoms with E-state index in [-0.39, 0.29) is 0 Å². The highest BCUT2D eigenvalue weighted by molar-refractivity contribution is 5.36. The van der Waals surface area contributed by atoms with Crippen molar-refractivity contribution in [2.75, 3.05) is 0 Å². The molecule has 4 rings (SSSR count). The standard InChI is InChI=1S/C18H24/c1-18-11-4-7-17(18)16-9-8-13-5-2-3-6-14(13)15(16)10-12-18/h2,6,15-17H,4-5,7-12H2,1H3/t15-,16-,17+,18+/m1/s1. The van der Waals surface area contributed by atoms with E-state index >= 15 is 0 Å². The smallest absolute Gasteiger partial charge is 0.00564 e. The predicted molar refractivity (Wildman–Crippen MR) is 75.2 cm³/mol. The molecule has 0 unspecified atom stereocenters. The highest BCUT2D eigenvalue weighted by Crippen LogP contribution is 2.60. The van der Waals surface area contributed by atoms with Crippen LogP contribution in [0.5, 0.6) is 0 Å². The van der Waals surface area contributed by atoms with Crippen LogP contribution in [0.25, 0.3) is 0 Å². The number of hydrogen-bond acceptors (Lipinski definition) is 0. The van der Waals surface area contributed by atoms with Gasteiger partial charge in [0.25, 0.3) is 0 Å². The summed E-state index contributed by atoms with van der Waals surface area (Å²) >= 11 is 0. The van der Waals surface area contributed by atoms with Crippen LogP contribution in [-0.4, -0.2) is 0 Å². The molecule has 0 aromatic heterocycles. The number of fused-ring (bicyclic) bond motifs is 4. The molecule has 4 atom stereocenters. The third kappa shape index (κ3) is 1.45. The third-order valence-electron chi connectivity index (χ3n) is 6.51. The molecule has 2 saturated carbocycles. The molecule has 96 valence electrons. The van der Waals surface area contributed by atoms with Gasteiger partial charge in [0.05, 0.1) is 0 Å². The first-order chi connectivity index (χ1) is 8.78. The van der Waals surface area contributed by atoms with Gasteiger partial charge in [-0.05, 0) is 85.8 Å². The summed E-state index contributed by atoms with van der Waals surface area (Å²) in [5, 5.41) is 0. The van der Waals surface area contributed by atoms with Crippen LogP contribution in [0.15, 0.2) is 29.0 Å². The summed E-state index contributed by atoms with van der Waals surface area (Å²) in [7, 11) is 0. The molecule has 0 saturated heterocycles. The lowest BCUT2D eigenvalue weighted by atomic mass is 9.55. The Labute approximate surface area is 111 Å². The monoisotopic (exact) mass is 240 g/mol. The topological polar surface area (TPSA) is 0 Å². The van der Waals surface area contributed by atoms with E-state index in [0.717, 1.165) is 17.8 Å². The maximum Gasteiger partial charge on any atom is -0.00564 e. The Kier molecular flexibility index (Phi) is 2.39. The Balaban J connectivity index is 1.70. The SMILES string of the molecule is C[C@@]12CCC[C@H]1[C@@H]1CCC3=C(C=C=CC3)[C@H]1CC2. The molecule has 2 fully saturated rings. The second kappa shape index (κ2) is 3.87. The summed E-state index contributed by atoms with van der Waals surface area (Å²) < 4.78 is 0. The highest BCUT2D eigenvalue weighted by atomic mass is 14.5. The number of allylic oxidation sites excluding steroid dienone is 3. The van der Waals surface area contributed by atoms with Crippen molar-refractivity contribution in [3.8, 4) is 0 Å². The maximum absolute atomic E-state index is 3.38. The van der Waals surface area contributed by atoms with Crippen LogP contribution >= 0.6 is 0 Å². The van der Waals surface area contributed by atoms with Crippen molar-refractivity contribution >= 4 is 0 Å². The molecule has 0 amide bonds. The van der Waals surface area contributed by atoms with Gasteiger partial charge in [0, 0.05) is 0 Å². The molecule has 0 radical (unpaired) electrons. The van der Waals surface area contributed by atoms with E-state index < -0.39 is 0 Å². The Morgan fingerprint density at radius 3 is 3.11 bits per heavy atom. The molecule has 0 heterocycles. The molecular formula is C18H24. The molecule has 0 spiro atoms. The van der Waals surface area contributed by atoms with E-state index in [1.54, 1.807) is 11.1 Å². The van der Waals surface area contributed by atoms with Gasteiger partial charge in [-0.15, -0.1) is 5.73 Å². The summed E-state index contributed by atoms with van der Waals surface area (Å²) in [5.74, 6) is 2.93. The van der Waals surface area contributed by atoms with Crippen LogP contribution in [0.4, 0.5) is 0 Å². The molecule has 0 heteroatoms. The van der Waals surface area contributed by atoms with Gasteiger partial charge in [0.1, 0.15) is 0 Å². The van der Waals surface area contributed by atoms with E-state index in [0.29, 0.717) is 5.41 Å². The van der Waals surface area contributed by atoms with E-state index in [1.807, 2.05) is 0 Å². The summed E-state index contributed by atoms with van der Waals surface area (Å²) in [6.07, 6.45) is 16.0. The summed E-state index contributed by atoms with van der Waals surface area (Å²) in [4.78, 5) is 0. The van der Waals surface area contributed by atoms with Gasteiger partial charge in [-0.1, -0.05) is 18.9 Å². The second-order valence-corrected chi connectivity index (χ2v) is 7.28. The van der Waals surface area contributed by atoms with Gasteiger partial charge in [0.2, 0.25) is 0 Å². The Morgan fingerprint density at radius 2 is 2.17 bits per heavy atom. The lowest BCUT2D eigenvalue weighted by Gasteiger charge is -2.49. The van der Waals surface area contributed by atoms with E-state index in [9.17, 15) is 0 Å². The summed E-state index contributed by atoms with van der Waals surface area (Å²) in [5.41, 5.74) is 7.54. The first kappa shape index (κ1) is 11.1. The van der Waals surface area contributed by atoms with Crippen molar-refractivity contribution in [1.29, 1.82) is 0 Å². The lowest BCUT2D eigenvalue weighted by Crippen LogP contribution is -2.40. The van der Waals surface area contributed by atoms with Crippen molar-refractivity contribution in [3.05, 3.63) is 29.0 Å². The van der Waals surface area contributed by atoms with Crippen LogP contribution in [0, 0.1) is 23.2 Å². The minimum Gasteiger partial charge on any atom is -0.125 e. The fourth-order valence-electron chi connectivity index (χ4n) is 5.58. The molecular weight excluding hydrogens is 216 g/mol. The Hall–Kier alpha value is -0.740.